The maximum Gasteiger partial charge on any atom is 0.414 e. The third-order valence-electron chi connectivity index (χ3n) is 4.00. The molecule has 10 heteroatoms. The zero-order valence-corrected chi connectivity index (χ0v) is 16.0. The number of carbonyl (C=O) groups excluding carboxylic acids is 4. The molecule has 1 aromatic rings. The largest absolute Gasteiger partial charge is 0.454 e. The normalized spacial score (nSPS) is 12.8. The molecule has 1 aromatic carbocycles. The first-order valence-electron chi connectivity index (χ1n) is 8.88. The predicted octanol–water partition coefficient (Wildman–Crippen LogP) is -0.266. The number of hydrogen-bond donors (Lipinski definition) is 3. The summed E-state index contributed by atoms with van der Waals surface area (Å²) >= 11 is 0. The van der Waals surface area contributed by atoms with Gasteiger partial charge in [-0.1, -0.05) is 0 Å². The first-order chi connectivity index (χ1) is 13.3. The third kappa shape index (κ3) is 5.68. The Morgan fingerprint density at radius 1 is 1.07 bits per heavy atom. The summed E-state index contributed by atoms with van der Waals surface area (Å²) in [6, 6.07) is 3.06. The van der Waals surface area contributed by atoms with Gasteiger partial charge < -0.3 is 24.4 Å². The number of fused-ring (bicyclic) bond motifs is 1. The van der Waals surface area contributed by atoms with Crippen molar-refractivity contribution < 1.29 is 38.3 Å². The number of imide groups is 1. The van der Waals surface area contributed by atoms with E-state index in [-0.39, 0.29) is 38.2 Å². The van der Waals surface area contributed by atoms with Gasteiger partial charge in [0.15, 0.2) is 30.4 Å². The van der Waals surface area contributed by atoms with Crippen LogP contribution in [0.3, 0.4) is 0 Å². The minimum absolute atomic E-state index is 0.0292. The molecule has 1 atom stereocenters. The van der Waals surface area contributed by atoms with Crippen LogP contribution in [-0.4, -0.2) is 56.7 Å². The van der Waals surface area contributed by atoms with Crippen LogP contribution in [0.2, 0.25) is 0 Å². The Morgan fingerprint density at radius 3 is 2.32 bits per heavy atom. The van der Waals surface area contributed by atoms with E-state index in [1.165, 1.54) is 19.1 Å². The Kier molecular flexibility index (Phi) is 7.33. The van der Waals surface area contributed by atoms with Gasteiger partial charge in [-0.3, -0.25) is 19.7 Å². The van der Waals surface area contributed by atoms with E-state index >= 15 is 0 Å². The smallest absolute Gasteiger partial charge is 0.414 e. The van der Waals surface area contributed by atoms with E-state index in [1.54, 1.807) is 6.92 Å². The second-order valence-corrected chi connectivity index (χ2v) is 6.08. The summed E-state index contributed by atoms with van der Waals surface area (Å²) in [6.07, 6.45) is -0.820. The number of ketones is 1. The molecule has 1 heterocycles. The van der Waals surface area contributed by atoms with Crippen molar-refractivity contribution in [2.45, 2.75) is 20.8 Å². The highest BCUT2D eigenvalue weighted by Gasteiger charge is 2.23. The number of likely N-dealkylation sites (N-methyl/N-ethyl adjacent to an activating group) is 1. The topological polar surface area (TPSA) is 124 Å². The molecule has 0 saturated carbocycles. The molecule has 28 heavy (non-hydrogen) atoms. The van der Waals surface area contributed by atoms with Gasteiger partial charge in [-0.25, -0.2) is 4.79 Å². The number of hydrogen-bond acceptors (Lipinski definition) is 7. The van der Waals surface area contributed by atoms with Crippen LogP contribution in [0.5, 0.6) is 11.5 Å². The SMILES string of the molecule is CCOC(=O)NC(=O)C[NH+](CC)CC(=O)Nc1cc2c(cc1C(C)=O)OCO2. The van der Waals surface area contributed by atoms with Gasteiger partial charge in [0.25, 0.3) is 11.8 Å². The minimum atomic E-state index is -0.820. The number of alkyl carbamates (subject to hydrolysis) is 1. The number of amides is 3. The van der Waals surface area contributed by atoms with Gasteiger partial charge in [0.1, 0.15) is 0 Å². The van der Waals surface area contributed by atoms with Gasteiger partial charge >= 0.3 is 6.09 Å². The number of rotatable bonds is 8. The van der Waals surface area contributed by atoms with E-state index in [2.05, 4.69) is 15.4 Å². The Labute approximate surface area is 162 Å². The molecule has 0 bridgehead atoms. The number of nitrogens with one attached hydrogen (secondary N) is 3. The van der Waals surface area contributed by atoms with E-state index < -0.39 is 12.0 Å². The quantitative estimate of drug-likeness (QED) is 0.519. The van der Waals surface area contributed by atoms with Crippen LogP contribution in [0.15, 0.2) is 12.1 Å². The second kappa shape index (κ2) is 9.70. The molecule has 152 valence electrons. The zero-order chi connectivity index (χ0) is 20.7. The fourth-order valence-corrected chi connectivity index (χ4v) is 2.62. The molecule has 0 radical (unpaired) electrons. The monoisotopic (exact) mass is 394 g/mol. The molecule has 3 amide bonds. The van der Waals surface area contributed by atoms with Crippen molar-refractivity contribution in [3.8, 4) is 11.5 Å². The van der Waals surface area contributed by atoms with E-state index in [1.807, 2.05) is 6.92 Å². The number of carbonyl (C=O) groups is 4. The fourth-order valence-electron chi connectivity index (χ4n) is 2.62. The van der Waals surface area contributed by atoms with Gasteiger partial charge in [0.2, 0.25) is 6.79 Å². The number of anilines is 1. The highest BCUT2D eigenvalue weighted by atomic mass is 16.7. The van der Waals surface area contributed by atoms with Crippen molar-refractivity contribution in [1.82, 2.24) is 5.32 Å². The maximum absolute atomic E-state index is 12.4. The summed E-state index contributed by atoms with van der Waals surface area (Å²) < 4.78 is 15.2. The first kappa shape index (κ1) is 21.2. The summed E-state index contributed by atoms with van der Waals surface area (Å²) in [5.41, 5.74) is 0.615. The molecule has 0 fully saturated rings. The molecule has 0 saturated heterocycles. The summed E-state index contributed by atoms with van der Waals surface area (Å²) in [7, 11) is 0. The molecular formula is C18H24N3O7+. The van der Waals surface area contributed by atoms with Gasteiger partial charge in [-0.05, 0) is 26.8 Å². The van der Waals surface area contributed by atoms with Gasteiger partial charge in [0, 0.05) is 11.6 Å². The number of ether oxygens (including phenoxy) is 3. The van der Waals surface area contributed by atoms with Gasteiger partial charge in [-0.15, -0.1) is 0 Å². The molecule has 0 aliphatic carbocycles. The zero-order valence-electron chi connectivity index (χ0n) is 16.0. The number of Topliss-reactive ketones (excluding diaryl/α,β-unsaturated/α-hetero) is 1. The molecular weight excluding hydrogens is 370 g/mol. The van der Waals surface area contributed by atoms with Gasteiger partial charge in [0.05, 0.1) is 18.8 Å². The summed E-state index contributed by atoms with van der Waals surface area (Å²) in [5.74, 6) is -0.284. The lowest BCUT2D eigenvalue weighted by molar-refractivity contribution is -0.881. The van der Waals surface area contributed by atoms with E-state index in [0.717, 1.165) is 0 Å². The highest BCUT2D eigenvalue weighted by Crippen LogP contribution is 2.37. The van der Waals surface area contributed by atoms with Crippen LogP contribution in [0.1, 0.15) is 31.1 Å². The number of benzene rings is 1. The summed E-state index contributed by atoms with van der Waals surface area (Å²) in [4.78, 5) is 48.1. The van der Waals surface area contributed by atoms with Crippen molar-refractivity contribution in [2.75, 3.05) is 38.4 Å². The molecule has 1 unspecified atom stereocenters. The van der Waals surface area contributed by atoms with Crippen LogP contribution in [0, 0.1) is 0 Å². The van der Waals surface area contributed by atoms with Gasteiger partial charge in [-0.2, -0.15) is 0 Å². The second-order valence-electron chi connectivity index (χ2n) is 6.08. The molecule has 1 aliphatic rings. The lowest BCUT2D eigenvalue weighted by Gasteiger charge is -2.17. The number of quaternary nitrogens is 1. The Bertz CT molecular complexity index is 779. The van der Waals surface area contributed by atoms with Crippen molar-refractivity contribution in [3.63, 3.8) is 0 Å². The van der Waals surface area contributed by atoms with Crippen LogP contribution < -0.4 is 25.0 Å². The van der Waals surface area contributed by atoms with Crippen LogP contribution in [0.25, 0.3) is 0 Å². The van der Waals surface area contributed by atoms with Crippen LogP contribution in [-0.2, 0) is 14.3 Å². The van der Waals surface area contributed by atoms with Crippen molar-refractivity contribution in [2.24, 2.45) is 0 Å². The highest BCUT2D eigenvalue weighted by molar-refractivity contribution is 6.04. The van der Waals surface area contributed by atoms with Crippen LogP contribution in [0.4, 0.5) is 10.5 Å². The van der Waals surface area contributed by atoms with E-state index in [4.69, 9.17) is 9.47 Å². The average molecular weight is 394 g/mol. The molecule has 0 aromatic heterocycles. The summed E-state index contributed by atoms with van der Waals surface area (Å²) in [5, 5.41) is 4.77. The predicted molar refractivity (Wildman–Crippen MR) is 97.6 cm³/mol. The lowest BCUT2D eigenvalue weighted by atomic mass is 10.1. The van der Waals surface area contributed by atoms with Crippen molar-refractivity contribution in [3.05, 3.63) is 17.7 Å². The third-order valence-corrected chi connectivity index (χ3v) is 4.00. The van der Waals surface area contributed by atoms with Crippen molar-refractivity contribution >= 4 is 29.4 Å². The molecule has 10 nitrogen and oxygen atoms in total. The fraction of sp³-hybridized carbons (Fsp3) is 0.444. The molecule has 3 N–H and O–H groups in total. The Hall–Kier alpha value is -3.14. The minimum Gasteiger partial charge on any atom is -0.454 e. The standard InChI is InChI=1S/C18H23N3O7/c1-4-21(9-17(24)20-18(25)26-5-2)8-16(23)19-13-7-15-14(27-10-28-15)6-12(13)11(3)22/h6-7H,4-5,8-10H2,1-3H3,(H,19,23)(H,20,24,25)/p+1. The molecule has 2 rings (SSSR count). The summed E-state index contributed by atoms with van der Waals surface area (Å²) in [6.45, 7) is 5.39. The Morgan fingerprint density at radius 2 is 1.71 bits per heavy atom. The molecule has 0 spiro atoms. The first-order valence-corrected chi connectivity index (χ1v) is 8.88. The van der Waals surface area contributed by atoms with E-state index in [0.29, 0.717) is 34.2 Å². The van der Waals surface area contributed by atoms with Crippen LogP contribution >= 0.6 is 0 Å². The van der Waals surface area contributed by atoms with E-state index in [9.17, 15) is 19.2 Å². The molecule has 1 aliphatic heterocycles. The lowest BCUT2D eigenvalue weighted by Crippen LogP contribution is -3.14. The van der Waals surface area contributed by atoms with Crippen molar-refractivity contribution in [1.29, 1.82) is 0 Å². The maximum atomic E-state index is 12.4. The average Bonchev–Trinajstić information content (AvgIpc) is 3.07. The Balaban J connectivity index is 1.99.